The summed E-state index contributed by atoms with van der Waals surface area (Å²) in [4.78, 5) is 18.2. The molecule has 23 heavy (non-hydrogen) atoms. The number of nitrogens with zero attached hydrogens (tertiary/aromatic N) is 2. The molecule has 3 nitrogen and oxygen atoms in total. The highest BCUT2D eigenvalue weighted by molar-refractivity contribution is 6.36. The first-order valence-corrected chi connectivity index (χ1v) is 7.83. The number of fused-ring (bicyclic) bond motifs is 1. The highest BCUT2D eigenvalue weighted by Gasteiger charge is 2.34. The molecule has 0 spiro atoms. The van der Waals surface area contributed by atoms with Crippen LogP contribution in [-0.2, 0) is 4.79 Å². The molecular formula is C17H17ClF2N2O. The number of halogens is 3. The van der Waals surface area contributed by atoms with E-state index < -0.39 is 11.6 Å². The van der Waals surface area contributed by atoms with Crippen molar-refractivity contribution in [1.82, 2.24) is 4.98 Å². The molecule has 1 aliphatic heterocycles. The second kappa shape index (κ2) is 5.41. The van der Waals surface area contributed by atoms with Gasteiger partial charge >= 0.3 is 0 Å². The van der Waals surface area contributed by atoms with E-state index in [9.17, 15) is 13.6 Å². The number of hydrogen-bond donors (Lipinski definition) is 0. The van der Waals surface area contributed by atoms with Crippen LogP contribution in [0.3, 0.4) is 0 Å². The molecule has 1 amide bonds. The number of hydrogen-bond acceptors (Lipinski definition) is 2. The lowest BCUT2D eigenvalue weighted by molar-refractivity contribution is -0.121. The van der Waals surface area contributed by atoms with Crippen LogP contribution in [0.1, 0.15) is 32.3 Å². The minimum atomic E-state index is -0.752. The summed E-state index contributed by atoms with van der Waals surface area (Å²) in [6, 6.07) is 1.91. The van der Waals surface area contributed by atoms with Crippen molar-refractivity contribution in [3.05, 3.63) is 34.4 Å². The maximum absolute atomic E-state index is 14.0. The van der Waals surface area contributed by atoms with Crippen molar-refractivity contribution in [3.8, 4) is 0 Å². The van der Waals surface area contributed by atoms with Gasteiger partial charge in [-0.15, -0.1) is 0 Å². The van der Waals surface area contributed by atoms with Crippen LogP contribution in [0.25, 0.3) is 10.9 Å². The van der Waals surface area contributed by atoms with Gasteiger partial charge in [-0.05, 0) is 18.8 Å². The van der Waals surface area contributed by atoms with E-state index in [0.717, 1.165) is 18.6 Å². The largest absolute Gasteiger partial charge is 0.296 e. The molecule has 1 aromatic heterocycles. The third-order valence-electron chi connectivity index (χ3n) is 4.30. The predicted octanol–water partition coefficient (Wildman–Crippen LogP) is 4.63. The van der Waals surface area contributed by atoms with Crippen molar-refractivity contribution in [3.63, 3.8) is 0 Å². The summed E-state index contributed by atoms with van der Waals surface area (Å²) in [5.41, 5.74) is 0.594. The number of amides is 1. The fraction of sp³-hybridized carbons (Fsp3) is 0.412. The Balaban J connectivity index is 2.22. The molecule has 3 rings (SSSR count). The second-order valence-electron chi connectivity index (χ2n) is 6.80. The van der Waals surface area contributed by atoms with Gasteiger partial charge in [0, 0.05) is 30.7 Å². The van der Waals surface area contributed by atoms with E-state index in [1.165, 1.54) is 0 Å². The number of benzene rings is 1. The Bertz CT molecular complexity index is 820. The molecule has 1 fully saturated rings. The van der Waals surface area contributed by atoms with Crippen molar-refractivity contribution < 1.29 is 13.6 Å². The lowest BCUT2D eigenvalue weighted by Crippen LogP contribution is -2.44. The Morgan fingerprint density at radius 3 is 2.70 bits per heavy atom. The Hall–Kier alpha value is -1.75. The van der Waals surface area contributed by atoms with Crippen LogP contribution < -0.4 is 4.90 Å². The Morgan fingerprint density at radius 2 is 2.00 bits per heavy atom. The highest BCUT2D eigenvalue weighted by atomic mass is 35.5. The fourth-order valence-electron chi connectivity index (χ4n) is 2.98. The zero-order valence-corrected chi connectivity index (χ0v) is 14.0. The van der Waals surface area contributed by atoms with E-state index >= 15 is 0 Å². The number of carbonyl (C=O) groups excluding carboxylic acids is 1. The topological polar surface area (TPSA) is 33.2 Å². The van der Waals surface area contributed by atoms with Gasteiger partial charge in [0.25, 0.3) is 0 Å². The standard InChI is InChI=1S/C17H17ClF2N2O/c1-9-15(18)14-11(20)6-10(19)7-12(14)21-16(9)22-8-17(2,3)5-4-13(22)23/h6-7H,4-5,8H2,1-3H3. The van der Waals surface area contributed by atoms with Gasteiger partial charge in [-0.3, -0.25) is 9.69 Å². The van der Waals surface area contributed by atoms with Gasteiger partial charge in [0.2, 0.25) is 5.91 Å². The first-order chi connectivity index (χ1) is 10.7. The molecule has 0 bridgehead atoms. The van der Waals surface area contributed by atoms with E-state index in [2.05, 4.69) is 18.8 Å². The summed E-state index contributed by atoms with van der Waals surface area (Å²) in [5.74, 6) is -1.14. The molecule has 0 aliphatic carbocycles. The molecule has 1 saturated heterocycles. The number of pyridine rings is 1. The van der Waals surface area contributed by atoms with Crippen molar-refractivity contribution >= 4 is 34.2 Å². The van der Waals surface area contributed by atoms with Crippen LogP contribution >= 0.6 is 11.6 Å². The molecule has 0 N–H and O–H groups in total. The minimum Gasteiger partial charge on any atom is -0.296 e. The minimum absolute atomic E-state index is 0.0450. The predicted molar refractivity (Wildman–Crippen MR) is 86.8 cm³/mol. The third kappa shape index (κ3) is 2.78. The van der Waals surface area contributed by atoms with Gasteiger partial charge in [0.1, 0.15) is 17.5 Å². The maximum atomic E-state index is 14.0. The molecule has 1 aromatic carbocycles. The first-order valence-electron chi connectivity index (χ1n) is 7.45. The Kier molecular flexibility index (Phi) is 3.79. The van der Waals surface area contributed by atoms with Crippen LogP contribution in [0.4, 0.5) is 14.6 Å². The van der Waals surface area contributed by atoms with Crippen LogP contribution in [0.5, 0.6) is 0 Å². The molecule has 0 atom stereocenters. The summed E-state index contributed by atoms with van der Waals surface area (Å²) in [6.45, 7) is 6.34. The SMILES string of the molecule is Cc1c(N2CC(C)(C)CCC2=O)nc2cc(F)cc(F)c2c1Cl. The molecule has 2 heterocycles. The number of aromatic nitrogens is 1. The van der Waals surface area contributed by atoms with E-state index in [1.807, 2.05) is 0 Å². The van der Waals surface area contributed by atoms with Crippen LogP contribution in [-0.4, -0.2) is 17.4 Å². The Labute approximate surface area is 138 Å². The van der Waals surface area contributed by atoms with Gasteiger partial charge in [0.05, 0.1) is 15.9 Å². The molecule has 0 saturated carbocycles. The normalized spacial score (nSPS) is 17.8. The van der Waals surface area contributed by atoms with Gasteiger partial charge in [-0.1, -0.05) is 25.4 Å². The van der Waals surface area contributed by atoms with E-state index in [1.54, 1.807) is 11.8 Å². The summed E-state index contributed by atoms with van der Waals surface area (Å²) < 4.78 is 27.5. The summed E-state index contributed by atoms with van der Waals surface area (Å²) in [5, 5.41) is 0.247. The number of carbonyl (C=O) groups is 1. The Morgan fingerprint density at radius 1 is 1.30 bits per heavy atom. The van der Waals surface area contributed by atoms with Crippen LogP contribution in [0, 0.1) is 24.0 Å². The zero-order valence-electron chi connectivity index (χ0n) is 13.2. The lowest BCUT2D eigenvalue weighted by atomic mass is 9.83. The van der Waals surface area contributed by atoms with E-state index in [4.69, 9.17) is 11.6 Å². The van der Waals surface area contributed by atoms with E-state index in [-0.39, 0.29) is 27.2 Å². The van der Waals surface area contributed by atoms with Gasteiger partial charge < -0.3 is 0 Å². The van der Waals surface area contributed by atoms with Crippen molar-refractivity contribution in [2.24, 2.45) is 5.41 Å². The quantitative estimate of drug-likeness (QED) is 0.759. The average Bonchev–Trinajstić information content (AvgIpc) is 2.45. The van der Waals surface area contributed by atoms with Gasteiger partial charge in [0.15, 0.2) is 0 Å². The molecule has 122 valence electrons. The molecule has 0 unspecified atom stereocenters. The van der Waals surface area contributed by atoms with E-state index in [0.29, 0.717) is 24.3 Å². The molecule has 6 heteroatoms. The summed E-state index contributed by atoms with van der Waals surface area (Å²) >= 11 is 6.29. The molecule has 0 radical (unpaired) electrons. The smallest absolute Gasteiger partial charge is 0.228 e. The van der Waals surface area contributed by atoms with Crippen molar-refractivity contribution in [1.29, 1.82) is 0 Å². The molecule has 1 aliphatic rings. The van der Waals surface area contributed by atoms with Crippen LogP contribution in [0.15, 0.2) is 12.1 Å². The van der Waals surface area contributed by atoms with Crippen LogP contribution in [0.2, 0.25) is 5.02 Å². The average molecular weight is 339 g/mol. The summed E-state index contributed by atoms with van der Waals surface area (Å²) in [6.07, 6.45) is 1.22. The number of piperidine rings is 1. The highest BCUT2D eigenvalue weighted by Crippen LogP contribution is 2.38. The van der Waals surface area contributed by atoms with Crippen molar-refractivity contribution in [2.75, 3.05) is 11.4 Å². The zero-order chi connectivity index (χ0) is 16.9. The third-order valence-corrected chi connectivity index (χ3v) is 4.78. The lowest BCUT2D eigenvalue weighted by Gasteiger charge is -2.37. The molecule has 2 aromatic rings. The second-order valence-corrected chi connectivity index (χ2v) is 7.18. The maximum Gasteiger partial charge on any atom is 0.228 e. The number of anilines is 1. The van der Waals surface area contributed by atoms with Gasteiger partial charge in [-0.2, -0.15) is 0 Å². The summed E-state index contributed by atoms with van der Waals surface area (Å²) in [7, 11) is 0. The fourth-order valence-corrected chi connectivity index (χ4v) is 3.25. The monoisotopic (exact) mass is 338 g/mol. The van der Waals surface area contributed by atoms with Gasteiger partial charge in [-0.25, -0.2) is 13.8 Å². The molecular weight excluding hydrogens is 322 g/mol. The first kappa shape index (κ1) is 16.1. The van der Waals surface area contributed by atoms with Crippen molar-refractivity contribution in [2.45, 2.75) is 33.6 Å². The number of rotatable bonds is 1.